The van der Waals surface area contributed by atoms with Crippen molar-refractivity contribution in [2.24, 2.45) is 0 Å². The van der Waals surface area contributed by atoms with Crippen molar-refractivity contribution < 1.29 is 14.4 Å². The number of hydrogen-bond acceptors (Lipinski definition) is 0. The molecular weight excluding hydrogens is 511 g/mol. The first-order chi connectivity index (χ1) is 10.6. The molecule has 0 radical (unpaired) electrons. The van der Waals surface area contributed by atoms with Gasteiger partial charge < -0.3 is 0 Å². The van der Waals surface area contributed by atoms with Crippen LogP contribution in [0.5, 0.6) is 0 Å². The summed E-state index contributed by atoms with van der Waals surface area (Å²) in [5, 5.41) is 0. The van der Waals surface area contributed by atoms with Gasteiger partial charge in [-0.05, 0) is 37.0 Å². The van der Waals surface area contributed by atoms with Gasteiger partial charge in [0.05, 0.1) is 0 Å². The zero-order chi connectivity index (χ0) is 17.2. The van der Waals surface area contributed by atoms with E-state index >= 15 is 0 Å². The molecule has 0 saturated carbocycles. The van der Waals surface area contributed by atoms with Crippen LogP contribution in [0.4, 0.5) is 0 Å². The Balaban J connectivity index is 0. The molecule has 1 rings (SSSR count). The predicted molar refractivity (Wildman–Crippen MR) is 117 cm³/mol. The molecule has 4 heteroatoms. The van der Waals surface area contributed by atoms with Crippen LogP contribution in [0.2, 0.25) is 0 Å². The van der Waals surface area contributed by atoms with Gasteiger partial charge in [-0.1, -0.05) is 41.5 Å². The third-order valence-electron chi connectivity index (χ3n) is 3.46. The summed E-state index contributed by atoms with van der Waals surface area (Å²) in [4.78, 5) is 0. The molecule has 1 aromatic carbocycles. The Morgan fingerprint density at radius 1 is 0.682 bits per heavy atom. The van der Waals surface area contributed by atoms with Crippen LogP contribution >= 0.6 is 35.4 Å². The first kappa shape index (κ1) is 25.7. The van der Waals surface area contributed by atoms with E-state index in [-0.39, 0.29) is 0 Å². The molecule has 0 nitrogen and oxygen atoms in total. The third-order valence-corrected chi connectivity index (χ3v) is 12.0. The molecule has 134 valence electrons. The quantitative estimate of drug-likeness (QED) is 0.200. The second kappa shape index (κ2) is 20.5. The van der Waals surface area contributed by atoms with Crippen molar-refractivity contribution in [3.05, 3.63) is 30.3 Å². The van der Waals surface area contributed by atoms with Gasteiger partial charge in [-0.2, -0.15) is 0 Å². The van der Waals surface area contributed by atoms with Crippen molar-refractivity contribution in [1.82, 2.24) is 0 Å². The molecule has 0 atom stereocenters. The summed E-state index contributed by atoms with van der Waals surface area (Å²) >= 11 is 3.14. The van der Waals surface area contributed by atoms with Gasteiger partial charge in [0.15, 0.2) is 0 Å². The summed E-state index contributed by atoms with van der Waals surface area (Å²) in [6.07, 6.45) is 8.51. The van der Waals surface area contributed by atoms with Crippen LogP contribution in [-0.2, 0) is 14.4 Å². The minimum absolute atomic E-state index is 0.446. The maximum atomic E-state index is 2.40. The van der Waals surface area contributed by atoms with E-state index in [0.29, 0.717) is 15.8 Å². The van der Waals surface area contributed by atoms with E-state index in [1.807, 2.05) is 6.07 Å². The Morgan fingerprint density at radius 3 is 1.14 bits per heavy atom. The van der Waals surface area contributed by atoms with Gasteiger partial charge in [-0.15, -0.1) is 15.8 Å². The zero-order valence-corrected chi connectivity index (χ0v) is 20.7. The molecular formula is C18H35IP2Pd. The standard InChI is InChI=1S/2C6H15P.C6H5.HI.Pd/c2*1-4-7(5-2)6-3;1-2-4-6-5-3-1;;/h2*4-6H2,1-3H3;1-5H;1H;/q;;;;+1/p-1. The van der Waals surface area contributed by atoms with Crippen molar-refractivity contribution in [2.75, 3.05) is 37.0 Å². The van der Waals surface area contributed by atoms with Gasteiger partial charge >= 0.3 is 68.2 Å². The summed E-state index contributed by atoms with van der Waals surface area (Å²) < 4.78 is 1.45. The van der Waals surface area contributed by atoms with Crippen LogP contribution in [0.15, 0.2) is 30.3 Å². The van der Waals surface area contributed by atoms with E-state index < -0.39 is 0 Å². The molecule has 0 aliphatic carbocycles. The Hall–Kier alpha value is 1.47. The normalized spacial score (nSPS) is 10.0. The van der Waals surface area contributed by atoms with Crippen molar-refractivity contribution in [3.63, 3.8) is 0 Å². The summed E-state index contributed by atoms with van der Waals surface area (Å²) in [7, 11) is 0.892. The van der Waals surface area contributed by atoms with Crippen molar-refractivity contribution in [3.8, 4) is 0 Å². The maximum absolute atomic E-state index is 2.40. The fraction of sp³-hybridized carbons (Fsp3) is 0.667. The molecule has 0 unspecified atom stereocenters. The topological polar surface area (TPSA) is 0 Å². The average Bonchev–Trinajstić information content (AvgIpc) is 2.60. The van der Waals surface area contributed by atoms with Gasteiger partial charge in [0.1, 0.15) is 0 Å². The molecule has 0 saturated heterocycles. The van der Waals surface area contributed by atoms with E-state index in [1.165, 1.54) is 41.0 Å². The Labute approximate surface area is 161 Å². The number of hydrogen-bond donors (Lipinski definition) is 0. The number of rotatable bonds is 7. The van der Waals surface area contributed by atoms with Gasteiger partial charge in [-0.3, -0.25) is 0 Å². The van der Waals surface area contributed by atoms with Crippen LogP contribution in [0, 0.1) is 0 Å². The van der Waals surface area contributed by atoms with Crippen LogP contribution in [0.3, 0.4) is 0 Å². The van der Waals surface area contributed by atoms with Crippen LogP contribution in [0.25, 0.3) is 0 Å². The summed E-state index contributed by atoms with van der Waals surface area (Å²) in [6.45, 7) is 13.7. The molecule has 0 fully saturated rings. The number of halogens is 1. The molecule has 0 bridgehead atoms. The Bertz CT molecular complexity index is 278. The van der Waals surface area contributed by atoms with Crippen LogP contribution < -0.4 is 4.04 Å². The molecule has 0 amide bonds. The van der Waals surface area contributed by atoms with E-state index in [4.69, 9.17) is 0 Å². The summed E-state index contributed by atoms with van der Waals surface area (Å²) in [5.74, 6) is 0. The molecule has 0 aromatic heterocycles. The van der Waals surface area contributed by atoms with E-state index in [1.54, 1.807) is 0 Å². The van der Waals surface area contributed by atoms with Crippen LogP contribution in [-0.4, -0.2) is 37.0 Å². The monoisotopic (exact) mass is 546 g/mol. The summed E-state index contributed by atoms with van der Waals surface area (Å²) in [6, 6.07) is 10.5. The summed E-state index contributed by atoms with van der Waals surface area (Å²) in [5.41, 5.74) is 0. The van der Waals surface area contributed by atoms with E-state index in [9.17, 15) is 0 Å². The van der Waals surface area contributed by atoms with Crippen molar-refractivity contribution in [2.45, 2.75) is 41.5 Å². The molecule has 0 heterocycles. The molecule has 0 aliphatic rings. The second-order valence-electron chi connectivity index (χ2n) is 4.56. The van der Waals surface area contributed by atoms with Crippen molar-refractivity contribution >= 4 is 39.4 Å². The molecule has 1 aromatic rings. The minimum atomic E-state index is 0.446. The molecule has 0 aliphatic heterocycles. The van der Waals surface area contributed by atoms with Gasteiger partial charge in [0.25, 0.3) is 0 Å². The Kier molecular flexibility index (Phi) is 24.0. The average molecular weight is 547 g/mol. The molecule has 0 N–H and O–H groups in total. The Morgan fingerprint density at radius 2 is 1.00 bits per heavy atom. The SMILES string of the molecule is CCP(CC)CC.CCP(CC)CC.[I][Pd][c]1ccccc1. The fourth-order valence-corrected chi connectivity index (χ4v) is 6.31. The third kappa shape index (κ3) is 16.3. The van der Waals surface area contributed by atoms with Crippen molar-refractivity contribution in [1.29, 1.82) is 0 Å². The zero-order valence-electron chi connectivity index (χ0n) is 15.2. The van der Waals surface area contributed by atoms with Crippen LogP contribution in [0.1, 0.15) is 41.5 Å². The molecule has 0 spiro atoms. The van der Waals surface area contributed by atoms with E-state index in [0.717, 1.165) is 14.4 Å². The fourth-order valence-electron chi connectivity index (χ4n) is 1.78. The predicted octanol–water partition coefficient (Wildman–Crippen LogP) is 6.80. The second-order valence-corrected chi connectivity index (χ2v) is 14.2. The van der Waals surface area contributed by atoms with Gasteiger partial charge in [0, 0.05) is 0 Å². The van der Waals surface area contributed by atoms with Gasteiger partial charge in [-0.25, -0.2) is 0 Å². The number of benzene rings is 1. The molecule has 22 heavy (non-hydrogen) atoms. The first-order valence-electron chi connectivity index (χ1n) is 8.33. The van der Waals surface area contributed by atoms with E-state index in [2.05, 4.69) is 85.3 Å². The first-order valence-corrected chi connectivity index (χ1v) is 17.5. The van der Waals surface area contributed by atoms with Gasteiger partial charge in [0.2, 0.25) is 0 Å².